The Morgan fingerprint density at radius 2 is 1.96 bits per heavy atom. The van der Waals surface area contributed by atoms with Crippen LogP contribution in [0.4, 0.5) is 0 Å². The molecule has 0 fully saturated rings. The van der Waals surface area contributed by atoms with Crippen LogP contribution < -0.4 is 5.32 Å². The van der Waals surface area contributed by atoms with Crippen molar-refractivity contribution in [2.24, 2.45) is 11.3 Å². The minimum Gasteiger partial charge on any atom is -0.374 e. The van der Waals surface area contributed by atoms with Crippen LogP contribution in [0.1, 0.15) is 79.8 Å². The zero-order valence-electron chi connectivity index (χ0n) is 18.5. The number of hydrogen-bond donors (Lipinski definition) is 1. The highest BCUT2D eigenvalue weighted by Gasteiger charge is 2.31. The number of carbonyl (C=O) groups excluding carboxylic acids is 1. The van der Waals surface area contributed by atoms with Gasteiger partial charge in [-0.2, -0.15) is 0 Å². The van der Waals surface area contributed by atoms with Crippen LogP contribution >= 0.6 is 0 Å². The molecule has 0 aliphatic rings. The van der Waals surface area contributed by atoms with Crippen molar-refractivity contribution in [1.29, 1.82) is 0 Å². The summed E-state index contributed by atoms with van der Waals surface area (Å²) >= 11 is 0. The number of nitrogens with one attached hydrogen (secondary N) is 1. The second-order valence-electron chi connectivity index (χ2n) is 9.23. The molecule has 0 aliphatic heterocycles. The van der Waals surface area contributed by atoms with Crippen molar-refractivity contribution in [1.82, 2.24) is 20.3 Å². The molecular weight excluding hydrogens is 340 g/mol. The zero-order chi connectivity index (χ0) is 20.5. The largest absolute Gasteiger partial charge is 0.374 e. The smallest absolute Gasteiger partial charge is 0.227 e. The van der Waals surface area contributed by atoms with E-state index in [-0.39, 0.29) is 5.91 Å². The Morgan fingerprint density at radius 1 is 1.26 bits per heavy atom. The summed E-state index contributed by atoms with van der Waals surface area (Å²) in [4.78, 5) is 12.3. The highest BCUT2D eigenvalue weighted by molar-refractivity contribution is 5.81. The fraction of sp³-hybridized carbons (Fsp3) is 0.857. The molecule has 1 heterocycles. The van der Waals surface area contributed by atoms with Gasteiger partial charge in [0.25, 0.3) is 0 Å². The Labute approximate surface area is 165 Å². The first-order valence-corrected chi connectivity index (χ1v) is 10.4. The van der Waals surface area contributed by atoms with Gasteiger partial charge in [-0.1, -0.05) is 38.8 Å². The molecule has 1 aromatic heterocycles. The average Bonchev–Trinajstić information content (AvgIpc) is 3.01. The van der Waals surface area contributed by atoms with Crippen molar-refractivity contribution in [2.45, 2.75) is 92.7 Å². The van der Waals surface area contributed by atoms with Crippen LogP contribution in [0, 0.1) is 11.3 Å². The molecule has 0 bridgehead atoms. The maximum absolute atomic E-state index is 12.3. The van der Waals surface area contributed by atoms with E-state index < -0.39 is 11.0 Å². The number of aromatic nitrogens is 3. The van der Waals surface area contributed by atoms with Gasteiger partial charge in [-0.25, -0.2) is 0 Å². The van der Waals surface area contributed by atoms with Crippen molar-refractivity contribution in [3.05, 3.63) is 11.9 Å². The summed E-state index contributed by atoms with van der Waals surface area (Å²) in [7, 11) is 0. The van der Waals surface area contributed by atoms with E-state index >= 15 is 0 Å². The minimum absolute atomic E-state index is 0.0347. The van der Waals surface area contributed by atoms with Crippen molar-refractivity contribution in [2.75, 3.05) is 13.2 Å². The van der Waals surface area contributed by atoms with E-state index in [0.29, 0.717) is 19.6 Å². The quantitative estimate of drug-likeness (QED) is 0.525. The highest BCUT2D eigenvalue weighted by atomic mass is 16.5. The SMILES string of the molecule is CCCNC(=O)C(C)(C)COC(C)(C)Cc1cn(CCCCC(C)C)nn1. The summed E-state index contributed by atoms with van der Waals surface area (Å²) in [6.07, 6.45) is 7.22. The second kappa shape index (κ2) is 10.8. The summed E-state index contributed by atoms with van der Waals surface area (Å²) in [6, 6.07) is 0. The topological polar surface area (TPSA) is 69.0 Å². The van der Waals surface area contributed by atoms with Gasteiger partial charge in [-0.05, 0) is 46.5 Å². The third-order valence-corrected chi connectivity index (χ3v) is 4.59. The highest BCUT2D eigenvalue weighted by Crippen LogP contribution is 2.22. The van der Waals surface area contributed by atoms with Crippen LogP contribution in [0.25, 0.3) is 0 Å². The van der Waals surface area contributed by atoms with Gasteiger partial charge in [0.1, 0.15) is 0 Å². The van der Waals surface area contributed by atoms with Gasteiger partial charge >= 0.3 is 0 Å². The fourth-order valence-electron chi connectivity index (χ4n) is 2.76. The molecule has 1 amide bonds. The van der Waals surface area contributed by atoms with Crippen LogP contribution in [0.15, 0.2) is 6.20 Å². The lowest BCUT2D eigenvalue weighted by Crippen LogP contribution is -2.42. The molecule has 0 saturated heterocycles. The standard InChI is InChI=1S/C21H40N4O2/c1-8-12-22-19(26)20(4,5)16-27-21(6,7)14-18-15-25(24-23-18)13-10-9-11-17(2)3/h15,17H,8-14,16H2,1-7H3,(H,22,26). The molecular formula is C21H40N4O2. The van der Waals surface area contributed by atoms with Crippen molar-refractivity contribution in [3.8, 4) is 0 Å². The van der Waals surface area contributed by atoms with Crippen molar-refractivity contribution < 1.29 is 9.53 Å². The molecule has 0 saturated carbocycles. The first kappa shape index (κ1) is 23.6. The first-order chi connectivity index (χ1) is 12.6. The van der Waals surface area contributed by atoms with Gasteiger partial charge in [-0.3, -0.25) is 9.48 Å². The summed E-state index contributed by atoms with van der Waals surface area (Å²) in [5.74, 6) is 0.787. The minimum atomic E-state index is -0.555. The lowest BCUT2D eigenvalue weighted by Gasteiger charge is -2.30. The molecule has 6 nitrogen and oxygen atoms in total. The van der Waals surface area contributed by atoms with Crippen molar-refractivity contribution >= 4 is 5.91 Å². The van der Waals surface area contributed by atoms with Gasteiger partial charge < -0.3 is 10.1 Å². The van der Waals surface area contributed by atoms with Crippen LogP contribution in [0.5, 0.6) is 0 Å². The van der Waals surface area contributed by atoms with Crippen LogP contribution in [-0.2, 0) is 22.5 Å². The molecule has 1 N–H and O–H groups in total. The van der Waals surface area contributed by atoms with Gasteiger partial charge in [0.15, 0.2) is 0 Å². The molecule has 156 valence electrons. The van der Waals surface area contributed by atoms with Gasteiger partial charge in [0.05, 0.1) is 23.3 Å². The van der Waals surface area contributed by atoms with E-state index in [1.54, 1.807) is 0 Å². The molecule has 1 aromatic rings. The molecule has 0 atom stereocenters. The predicted octanol–water partition coefficient (Wildman–Crippen LogP) is 3.99. The predicted molar refractivity (Wildman–Crippen MR) is 110 cm³/mol. The number of nitrogens with zero attached hydrogens (tertiary/aromatic N) is 3. The average molecular weight is 381 g/mol. The van der Waals surface area contributed by atoms with E-state index in [2.05, 4.69) is 29.5 Å². The van der Waals surface area contributed by atoms with Crippen LogP contribution in [0.2, 0.25) is 0 Å². The number of rotatable bonds is 13. The summed E-state index contributed by atoms with van der Waals surface area (Å²) in [5, 5.41) is 11.5. The Balaban J connectivity index is 2.47. The molecule has 0 aliphatic carbocycles. The van der Waals surface area contributed by atoms with E-state index in [0.717, 1.165) is 31.0 Å². The van der Waals surface area contributed by atoms with Gasteiger partial charge in [0.2, 0.25) is 5.91 Å². The Bertz CT molecular complexity index is 564. The Hall–Kier alpha value is -1.43. The summed E-state index contributed by atoms with van der Waals surface area (Å²) in [6.45, 7) is 16.4. The summed E-state index contributed by atoms with van der Waals surface area (Å²) in [5.41, 5.74) is -0.0292. The number of amides is 1. The molecule has 6 heteroatoms. The normalized spacial score (nSPS) is 12.6. The van der Waals surface area contributed by atoms with Crippen molar-refractivity contribution in [3.63, 3.8) is 0 Å². The number of aryl methyl sites for hydroxylation is 1. The molecule has 0 radical (unpaired) electrons. The zero-order valence-corrected chi connectivity index (χ0v) is 18.5. The Morgan fingerprint density at radius 3 is 2.59 bits per heavy atom. The van der Waals surface area contributed by atoms with Gasteiger partial charge in [-0.15, -0.1) is 5.10 Å². The van der Waals surface area contributed by atoms with E-state index in [4.69, 9.17) is 4.74 Å². The molecule has 0 aromatic carbocycles. The molecule has 27 heavy (non-hydrogen) atoms. The fourth-order valence-corrected chi connectivity index (χ4v) is 2.76. The maximum atomic E-state index is 12.3. The maximum Gasteiger partial charge on any atom is 0.227 e. The van der Waals surface area contributed by atoms with E-state index in [1.807, 2.05) is 45.5 Å². The third-order valence-electron chi connectivity index (χ3n) is 4.59. The Kier molecular flexibility index (Phi) is 9.43. The monoisotopic (exact) mass is 380 g/mol. The first-order valence-electron chi connectivity index (χ1n) is 10.4. The summed E-state index contributed by atoms with van der Waals surface area (Å²) < 4.78 is 8.02. The number of hydrogen-bond acceptors (Lipinski definition) is 4. The number of ether oxygens (including phenoxy) is 1. The van der Waals surface area contributed by atoms with Crippen LogP contribution in [0.3, 0.4) is 0 Å². The van der Waals surface area contributed by atoms with Gasteiger partial charge in [0, 0.05) is 25.7 Å². The molecule has 0 unspecified atom stereocenters. The number of unbranched alkanes of at least 4 members (excludes halogenated alkanes) is 1. The second-order valence-corrected chi connectivity index (χ2v) is 9.23. The lowest BCUT2D eigenvalue weighted by molar-refractivity contribution is -0.136. The lowest BCUT2D eigenvalue weighted by atomic mass is 9.92. The third kappa shape index (κ3) is 9.36. The van der Waals surface area contributed by atoms with E-state index in [1.165, 1.54) is 12.8 Å². The molecule has 0 spiro atoms. The number of carbonyl (C=O) groups is 1. The van der Waals surface area contributed by atoms with Crippen LogP contribution in [-0.4, -0.2) is 39.7 Å². The molecule has 1 rings (SSSR count). The van der Waals surface area contributed by atoms with E-state index in [9.17, 15) is 4.79 Å².